The minimum Gasteiger partial charge on any atom is -0.385 e. The topological polar surface area (TPSA) is 70.2 Å². The summed E-state index contributed by atoms with van der Waals surface area (Å²) < 4.78 is 0. The van der Waals surface area contributed by atoms with Crippen LogP contribution in [-0.2, 0) is 9.59 Å². The van der Waals surface area contributed by atoms with Crippen molar-refractivity contribution in [3.63, 3.8) is 0 Å². The molecule has 0 aromatic heterocycles. The molecule has 0 radical (unpaired) electrons. The van der Waals surface area contributed by atoms with Gasteiger partial charge < -0.3 is 16.0 Å². The molecule has 0 bridgehead atoms. The van der Waals surface area contributed by atoms with Gasteiger partial charge in [-0.2, -0.15) is 0 Å². The first-order valence-corrected chi connectivity index (χ1v) is 7.00. The van der Waals surface area contributed by atoms with Crippen molar-refractivity contribution in [3.05, 3.63) is 24.3 Å². The Morgan fingerprint density at radius 3 is 2.30 bits per heavy atom. The monoisotopic (exact) mass is 277 g/mol. The second-order valence-electron chi connectivity index (χ2n) is 4.64. The molecule has 0 atom stereocenters. The Labute approximate surface area is 120 Å². The number of hydrogen-bond donors (Lipinski definition) is 3. The molecule has 0 spiro atoms. The summed E-state index contributed by atoms with van der Waals surface area (Å²) in [5.74, 6) is -0.0183. The molecule has 2 amide bonds. The Bertz CT molecular complexity index is 429. The number of benzene rings is 1. The van der Waals surface area contributed by atoms with Crippen molar-refractivity contribution in [2.75, 3.05) is 23.7 Å². The van der Waals surface area contributed by atoms with Crippen LogP contribution in [0.25, 0.3) is 0 Å². The number of amides is 2. The van der Waals surface area contributed by atoms with Crippen LogP contribution in [0.1, 0.15) is 33.1 Å². The number of anilines is 2. The molecular weight excluding hydrogens is 254 g/mol. The summed E-state index contributed by atoms with van der Waals surface area (Å²) in [7, 11) is 0. The van der Waals surface area contributed by atoms with Crippen LogP contribution in [-0.4, -0.2) is 24.9 Å². The lowest BCUT2D eigenvalue weighted by Gasteiger charge is -2.08. The average molecular weight is 277 g/mol. The summed E-state index contributed by atoms with van der Waals surface area (Å²) in [6, 6.07) is 7.40. The Balaban J connectivity index is 2.24. The standard InChI is InChI=1S/C15H23N3O2/c1-3-4-10-17-15(20)9-11-16-13-5-7-14(8-6-13)18-12(2)19/h5-8,16H,3-4,9-11H2,1-2H3,(H,17,20)(H,18,19). The Morgan fingerprint density at radius 1 is 1.05 bits per heavy atom. The van der Waals surface area contributed by atoms with E-state index in [0.29, 0.717) is 13.0 Å². The summed E-state index contributed by atoms with van der Waals surface area (Å²) in [6.07, 6.45) is 2.56. The first-order chi connectivity index (χ1) is 9.61. The normalized spacial score (nSPS) is 9.90. The largest absolute Gasteiger partial charge is 0.385 e. The zero-order valence-corrected chi connectivity index (χ0v) is 12.2. The molecule has 0 saturated carbocycles. The zero-order chi connectivity index (χ0) is 14.8. The highest BCUT2D eigenvalue weighted by Crippen LogP contribution is 2.13. The van der Waals surface area contributed by atoms with E-state index < -0.39 is 0 Å². The highest BCUT2D eigenvalue weighted by atomic mass is 16.2. The van der Waals surface area contributed by atoms with E-state index in [-0.39, 0.29) is 11.8 Å². The minimum atomic E-state index is -0.0885. The summed E-state index contributed by atoms with van der Waals surface area (Å²) in [4.78, 5) is 22.4. The number of carbonyl (C=O) groups excluding carboxylic acids is 2. The molecule has 3 N–H and O–H groups in total. The molecule has 1 aromatic carbocycles. The van der Waals surface area contributed by atoms with Crippen molar-refractivity contribution in [3.8, 4) is 0 Å². The molecule has 20 heavy (non-hydrogen) atoms. The molecule has 0 aliphatic rings. The highest BCUT2D eigenvalue weighted by molar-refractivity contribution is 5.88. The maximum absolute atomic E-state index is 11.5. The van der Waals surface area contributed by atoms with E-state index in [4.69, 9.17) is 0 Å². The van der Waals surface area contributed by atoms with Gasteiger partial charge in [0.1, 0.15) is 0 Å². The fourth-order valence-corrected chi connectivity index (χ4v) is 1.69. The fourth-order valence-electron chi connectivity index (χ4n) is 1.69. The summed E-state index contributed by atoms with van der Waals surface area (Å²) in [5, 5.41) is 8.75. The lowest BCUT2D eigenvalue weighted by Crippen LogP contribution is -2.26. The number of rotatable bonds is 8. The quantitative estimate of drug-likeness (QED) is 0.639. The van der Waals surface area contributed by atoms with Gasteiger partial charge in [-0.15, -0.1) is 0 Å². The third-order valence-corrected chi connectivity index (χ3v) is 2.74. The van der Waals surface area contributed by atoms with E-state index in [1.807, 2.05) is 24.3 Å². The number of unbranched alkanes of at least 4 members (excludes halogenated alkanes) is 1. The van der Waals surface area contributed by atoms with Crippen LogP contribution in [0.4, 0.5) is 11.4 Å². The first kappa shape index (κ1) is 16.0. The molecule has 0 aliphatic carbocycles. The third kappa shape index (κ3) is 6.78. The van der Waals surface area contributed by atoms with Crippen LogP contribution in [0, 0.1) is 0 Å². The van der Waals surface area contributed by atoms with Crippen LogP contribution in [0.15, 0.2) is 24.3 Å². The molecule has 110 valence electrons. The van der Waals surface area contributed by atoms with E-state index in [0.717, 1.165) is 30.8 Å². The van der Waals surface area contributed by atoms with Gasteiger partial charge >= 0.3 is 0 Å². The van der Waals surface area contributed by atoms with Crippen molar-refractivity contribution in [1.82, 2.24) is 5.32 Å². The van der Waals surface area contributed by atoms with Crippen molar-refractivity contribution in [2.24, 2.45) is 0 Å². The Kier molecular flexibility index (Phi) is 7.17. The third-order valence-electron chi connectivity index (χ3n) is 2.74. The van der Waals surface area contributed by atoms with Crippen molar-refractivity contribution in [2.45, 2.75) is 33.1 Å². The summed E-state index contributed by atoms with van der Waals surface area (Å²) >= 11 is 0. The lowest BCUT2D eigenvalue weighted by molar-refractivity contribution is -0.120. The van der Waals surface area contributed by atoms with Crippen molar-refractivity contribution < 1.29 is 9.59 Å². The lowest BCUT2D eigenvalue weighted by atomic mass is 10.2. The van der Waals surface area contributed by atoms with Gasteiger partial charge in [-0.1, -0.05) is 13.3 Å². The molecule has 0 fully saturated rings. The second kappa shape index (κ2) is 8.96. The number of carbonyl (C=O) groups is 2. The molecule has 1 aromatic rings. The summed E-state index contributed by atoms with van der Waals surface area (Å²) in [6.45, 7) is 4.92. The van der Waals surface area contributed by atoms with Gasteiger partial charge in [0.15, 0.2) is 0 Å². The van der Waals surface area contributed by atoms with Gasteiger partial charge in [-0.05, 0) is 30.7 Å². The molecule has 0 heterocycles. The fraction of sp³-hybridized carbons (Fsp3) is 0.467. The van der Waals surface area contributed by atoms with Gasteiger partial charge in [0, 0.05) is 37.8 Å². The maximum atomic E-state index is 11.5. The smallest absolute Gasteiger partial charge is 0.221 e. The maximum Gasteiger partial charge on any atom is 0.221 e. The van der Waals surface area contributed by atoms with E-state index in [1.165, 1.54) is 6.92 Å². The highest BCUT2D eigenvalue weighted by Gasteiger charge is 2.00. The number of nitrogens with one attached hydrogen (secondary N) is 3. The predicted octanol–water partition coefficient (Wildman–Crippen LogP) is 2.36. The molecule has 5 nitrogen and oxygen atoms in total. The van der Waals surface area contributed by atoms with Crippen LogP contribution < -0.4 is 16.0 Å². The van der Waals surface area contributed by atoms with Gasteiger partial charge in [-0.3, -0.25) is 9.59 Å². The number of hydrogen-bond acceptors (Lipinski definition) is 3. The Hall–Kier alpha value is -2.04. The molecular formula is C15H23N3O2. The average Bonchev–Trinajstić information content (AvgIpc) is 2.40. The molecule has 0 saturated heterocycles. The van der Waals surface area contributed by atoms with E-state index in [2.05, 4.69) is 22.9 Å². The van der Waals surface area contributed by atoms with Crippen molar-refractivity contribution >= 4 is 23.2 Å². The molecule has 5 heteroatoms. The van der Waals surface area contributed by atoms with Crippen LogP contribution in [0.3, 0.4) is 0 Å². The second-order valence-corrected chi connectivity index (χ2v) is 4.64. The van der Waals surface area contributed by atoms with E-state index in [1.54, 1.807) is 0 Å². The first-order valence-electron chi connectivity index (χ1n) is 7.00. The predicted molar refractivity (Wildman–Crippen MR) is 81.8 cm³/mol. The molecule has 0 unspecified atom stereocenters. The van der Waals surface area contributed by atoms with Gasteiger partial charge in [0.25, 0.3) is 0 Å². The van der Waals surface area contributed by atoms with Gasteiger partial charge in [0.2, 0.25) is 11.8 Å². The SMILES string of the molecule is CCCCNC(=O)CCNc1ccc(NC(C)=O)cc1. The van der Waals surface area contributed by atoms with Gasteiger partial charge in [0.05, 0.1) is 0 Å². The van der Waals surface area contributed by atoms with Crippen LogP contribution in [0.5, 0.6) is 0 Å². The summed E-state index contributed by atoms with van der Waals surface area (Å²) in [5.41, 5.74) is 1.70. The van der Waals surface area contributed by atoms with Gasteiger partial charge in [-0.25, -0.2) is 0 Å². The van der Waals surface area contributed by atoms with E-state index >= 15 is 0 Å². The van der Waals surface area contributed by atoms with Crippen LogP contribution in [0.2, 0.25) is 0 Å². The van der Waals surface area contributed by atoms with Crippen LogP contribution >= 0.6 is 0 Å². The molecule has 1 rings (SSSR count). The Morgan fingerprint density at radius 2 is 1.70 bits per heavy atom. The zero-order valence-electron chi connectivity index (χ0n) is 12.2. The molecule has 0 aliphatic heterocycles. The van der Waals surface area contributed by atoms with Crippen molar-refractivity contribution in [1.29, 1.82) is 0 Å². The van der Waals surface area contributed by atoms with E-state index in [9.17, 15) is 9.59 Å². The minimum absolute atomic E-state index is 0.0702.